The van der Waals surface area contributed by atoms with Gasteiger partial charge in [-0.2, -0.15) is 4.99 Å². The molecule has 0 aromatic rings. The first-order valence-corrected chi connectivity index (χ1v) is 3.82. The van der Waals surface area contributed by atoms with Crippen molar-refractivity contribution in [3.05, 3.63) is 0 Å². The molecule has 0 aromatic heterocycles. The number of aliphatic imine (C=N–C) groups is 1. The Kier molecular flexibility index (Phi) is 5.30. The second-order valence-corrected chi connectivity index (χ2v) is 1.85. The van der Waals surface area contributed by atoms with Crippen LogP contribution in [0.5, 0.6) is 0 Å². The zero-order valence-corrected chi connectivity index (χ0v) is 6.27. The molecule has 0 fully saturated rings. The first-order chi connectivity index (χ1) is 4.31. The van der Waals surface area contributed by atoms with E-state index in [2.05, 4.69) is 9.73 Å². The molecule has 0 N–H and O–H groups in total. The molecule has 0 saturated heterocycles. The highest BCUT2D eigenvalue weighted by Crippen LogP contribution is 1.87. The first-order valence-electron chi connectivity index (χ1n) is 2.53. The number of carbonyl (C=O) groups is 1. The van der Waals surface area contributed by atoms with Crippen molar-refractivity contribution in [1.29, 1.82) is 0 Å². The van der Waals surface area contributed by atoms with Gasteiger partial charge in [0.25, 0.3) is 0 Å². The van der Waals surface area contributed by atoms with Crippen LogP contribution in [0.2, 0.25) is 0 Å². The molecule has 0 aromatic carbocycles. The van der Waals surface area contributed by atoms with Gasteiger partial charge in [-0.05, 0) is 13.2 Å². The number of hydrogen-bond donors (Lipinski definition) is 0. The van der Waals surface area contributed by atoms with E-state index in [0.29, 0.717) is 6.61 Å². The molecule has 0 aliphatic heterocycles. The van der Waals surface area contributed by atoms with E-state index >= 15 is 0 Å². The predicted molar refractivity (Wildman–Crippen MR) is 39.0 cm³/mol. The van der Waals surface area contributed by atoms with Crippen molar-refractivity contribution in [3.63, 3.8) is 0 Å². The second kappa shape index (κ2) is 5.62. The molecule has 1 amide bonds. The van der Waals surface area contributed by atoms with E-state index in [4.69, 9.17) is 0 Å². The standard InChI is InChI=1S/C5H9NO2S/c1-3-8-5(7)6-4-9-2/h4H,3H2,1-2H3. The van der Waals surface area contributed by atoms with Gasteiger partial charge in [-0.3, -0.25) is 0 Å². The van der Waals surface area contributed by atoms with E-state index in [1.807, 2.05) is 6.26 Å². The minimum atomic E-state index is -0.521. The van der Waals surface area contributed by atoms with Gasteiger partial charge in [-0.15, -0.1) is 11.8 Å². The molecule has 0 unspecified atom stereocenters. The Morgan fingerprint density at radius 2 is 2.56 bits per heavy atom. The van der Waals surface area contributed by atoms with Crippen molar-refractivity contribution in [3.8, 4) is 0 Å². The van der Waals surface area contributed by atoms with Crippen LogP contribution in [0.1, 0.15) is 6.92 Å². The molecule has 0 saturated carbocycles. The summed E-state index contributed by atoms with van der Waals surface area (Å²) in [7, 11) is 0. The lowest BCUT2D eigenvalue weighted by atomic mass is 10.9. The minimum absolute atomic E-state index is 0.380. The Labute approximate surface area is 58.5 Å². The molecule has 0 atom stereocenters. The maximum Gasteiger partial charge on any atom is 0.434 e. The fraction of sp³-hybridized carbons (Fsp3) is 0.600. The van der Waals surface area contributed by atoms with Crippen LogP contribution in [0.3, 0.4) is 0 Å². The quantitative estimate of drug-likeness (QED) is 0.439. The molecule has 0 bridgehead atoms. The molecule has 0 spiro atoms. The summed E-state index contributed by atoms with van der Waals surface area (Å²) in [6, 6.07) is 0. The fourth-order valence-corrected chi connectivity index (χ4v) is 0.448. The van der Waals surface area contributed by atoms with Crippen LogP contribution in [0, 0.1) is 0 Å². The minimum Gasteiger partial charge on any atom is -0.448 e. The third-order valence-electron chi connectivity index (χ3n) is 0.531. The Bertz CT molecular complexity index is 114. The highest BCUT2D eigenvalue weighted by molar-refractivity contribution is 8.11. The molecule has 9 heavy (non-hydrogen) atoms. The van der Waals surface area contributed by atoms with Gasteiger partial charge < -0.3 is 4.74 Å². The number of amides is 1. The topological polar surface area (TPSA) is 38.7 Å². The smallest absolute Gasteiger partial charge is 0.434 e. The Hall–Kier alpha value is -0.510. The van der Waals surface area contributed by atoms with Crippen LogP contribution >= 0.6 is 11.8 Å². The maximum absolute atomic E-state index is 10.4. The van der Waals surface area contributed by atoms with Crippen LogP contribution in [0.25, 0.3) is 0 Å². The zero-order valence-electron chi connectivity index (χ0n) is 5.46. The monoisotopic (exact) mass is 147 g/mol. The number of thioether (sulfide) groups is 1. The largest absolute Gasteiger partial charge is 0.448 e. The van der Waals surface area contributed by atoms with Crippen LogP contribution < -0.4 is 0 Å². The summed E-state index contributed by atoms with van der Waals surface area (Å²) in [5.41, 5.74) is 1.44. The third-order valence-corrected chi connectivity index (χ3v) is 0.848. The third kappa shape index (κ3) is 5.36. The first kappa shape index (κ1) is 8.49. The highest BCUT2D eigenvalue weighted by Gasteiger charge is 1.91. The fourth-order valence-electron chi connectivity index (χ4n) is 0.256. The van der Waals surface area contributed by atoms with E-state index in [9.17, 15) is 4.79 Å². The summed E-state index contributed by atoms with van der Waals surface area (Å²) in [5, 5.41) is 0. The van der Waals surface area contributed by atoms with Crippen molar-refractivity contribution < 1.29 is 9.53 Å². The Morgan fingerprint density at radius 1 is 1.89 bits per heavy atom. The molecule has 0 heterocycles. The van der Waals surface area contributed by atoms with Crippen LogP contribution in [-0.2, 0) is 4.74 Å². The molecule has 3 nitrogen and oxygen atoms in total. The molecule has 0 aliphatic rings. The normalized spacial score (nSPS) is 10.0. The predicted octanol–water partition coefficient (Wildman–Crippen LogP) is 1.53. The summed E-state index contributed by atoms with van der Waals surface area (Å²) in [6.45, 7) is 2.12. The van der Waals surface area contributed by atoms with Gasteiger partial charge in [0, 0.05) is 0 Å². The SMILES string of the molecule is CCOC(=O)N=CSC. The van der Waals surface area contributed by atoms with Gasteiger partial charge in [-0.25, -0.2) is 4.79 Å². The maximum atomic E-state index is 10.4. The van der Waals surface area contributed by atoms with E-state index in [-0.39, 0.29) is 0 Å². The summed E-state index contributed by atoms with van der Waals surface area (Å²) >= 11 is 1.36. The molecule has 0 radical (unpaired) electrons. The molecule has 0 aliphatic carbocycles. The zero-order chi connectivity index (χ0) is 7.11. The van der Waals surface area contributed by atoms with Crippen LogP contribution in [-0.4, -0.2) is 24.5 Å². The van der Waals surface area contributed by atoms with E-state index < -0.39 is 6.09 Å². The van der Waals surface area contributed by atoms with Crippen molar-refractivity contribution in [2.24, 2.45) is 4.99 Å². The number of carbonyl (C=O) groups excluding carboxylic acids is 1. The van der Waals surface area contributed by atoms with Gasteiger partial charge in [-0.1, -0.05) is 0 Å². The lowest BCUT2D eigenvalue weighted by Gasteiger charge is -1.91. The molecule has 52 valence electrons. The van der Waals surface area contributed by atoms with Gasteiger partial charge >= 0.3 is 6.09 Å². The summed E-state index contributed by atoms with van der Waals surface area (Å²) in [4.78, 5) is 13.8. The van der Waals surface area contributed by atoms with Gasteiger partial charge in [0.05, 0.1) is 12.2 Å². The van der Waals surface area contributed by atoms with Crippen molar-refractivity contribution >= 4 is 23.4 Å². The van der Waals surface area contributed by atoms with E-state index in [0.717, 1.165) is 0 Å². The molecule has 4 heteroatoms. The van der Waals surface area contributed by atoms with Gasteiger partial charge in [0.15, 0.2) is 0 Å². The van der Waals surface area contributed by atoms with Crippen molar-refractivity contribution in [2.75, 3.05) is 12.9 Å². The lowest BCUT2D eigenvalue weighted by Crippen LogP contribution is -1.96. The van der Waals surface area contributed by atoms with Crippen LogP contribution in [0.15, 0.2) is 4.99 Å². The Morgan fingerprint density at radius 3 is 3.00 bits per heavy atom. The number of nitrogens with zero attached hydrogens (tertiary/aromatic N) is 1. The Balaban J connectivity index is 3.37. The van der Waals surface area contributed by atoms with E-state index in [1.165, 1.54) is 17.3 Å². The van der Waals surface area contributed by atoms with Crippen molar-refractivity contribution in [1.82, 2.24) is 0 Å². The summed E-state index contributed by atoms with van der Waals surface area (Å²) in [5.74, 6) is 0. The molecular formula is C5H9NO2S. The summed E-state index contributed by atoms with van der Waals surface area (Å²) in [6.07, 6.45) is 1.30. The van der Waals surface area contributed by atoms with Gasteiger partial charge in [0.2, 0.25) is 0 Å². The van der Waals surface area contributed by atoms with Crippen LogP contribution in [0.4, 0.5) is 4.79 Å². The average molecular weight is 147 g/mol. The van der Waals surface area contributed by atoms with Crippen molar-refractivity contribution in [2.45, 2.75) is 6.92 Å². The highest BCUT2D eigenvalue weighted by atomic mass is 32.2. The average Bonchev–Trinajstić information content (AvgIpc) is 1.85. The lowest BCUT2D eigenvalue weighted by molar-refractivity contribution is 0.164. The number of hydrogen-bond acceptors (Lipinski definition) is 3. The molecular weight excluding hydrogens is 138 g/mol. The summed E-state index contributed by atoms with van der Waals surface area (Å²) < 4.78 is 4.49. The second-order valence-electron chi connectivity index (χ2n) is 1.17. The molecule has 0 rings (SSSR count). The van der Waals surface area contributed by atoms with E-state index in [1.54, 1.807) is 6.92 Å². The van der Waals surface area contributed by atoms with Gasteiger partial charge in [0.1, 0.15) is 0 Å². The number of rotatable bonds is 2. The number of ether oxygens (including phenoxy) is 1.